The molecule has 8 nitrogen and oxygen atoms in total. The van der Waals surface area contributed by atoms with Gasteiger partial charge < -0.3 is 28.3 Å². The molecule has 204 valence electrons. The minimum absolute atomic E-state index is 0. The molecule has 0 bridgehead atoms. The second kappa shape index (κ2) is 30.9. The molecule has 0 rings (SSSR count). The Kier molecular flexibility index (Phi) is 32.7. The SMILES string of the molecule is CC#CC#CC#CC#CC#CC#CC#CC(=O)OC[C@@H](COP(=O)([O-])[O-])OC(=O)CCCCCCCCCC.[Na+].[Na+]. The van der Waals surface area contributed by atoms with E-state index in [1.54, 1.807) is 6.92 Å². The normalized spacial score (nSPS) is 9.07. The summed E-state index contributed by atoms with van der Waals surface area (Å²) in [6, 6.07) is 0. The van der Waals surface area contributed by atoms with Crippen molar-refractivity contribution in [2.75, 3.05) is 13.2 Å². The molecule has 41 heavy (non-hydrogen) atoms. The van der Waals surface area contributed by atoms with Gasteiger partial charge in [-0.15, -0.1) is 0 Å². The molecule has 0 amide bonds. The third kappa shape index (κ3) is 34.1. The van der Waals surface area contributed by atoms with Crippen molar-refractivity contribution in [3.8, 4) is 82.9 Å². The predicted octanol–water partition coefficient (Wildman–Crippen LogP) is -4.13. The van der Waals surface area contributed by atoms with Crippen molar-refractivity contribution in [2.24, 2.45) is 0 Å². The van der Waals surface area contributed by atoms with Crippen LogP contribution in [0.1, 0.15) is 71.6 Å². The van der Waals surface area contributed by atoms with Gasteiger partial charge in [-0.3, -0.25) is 4.79 Å². The topological polar surface area (TPSA) is 125 Å². The van der Waals surface area contributed by atoms with E-state index in [9.17, 15) is 23.9 Å². The number of esters is 2. The summed E-state index contributed by atoms with van der Waals surface area (Å²) in [6.45, 7) is 2.47. The van der Waals surface area contributed by atoms with E-state index in [1.165, 1.54) is 19.3 Å². The summed E-state index contributed by atoms with van der Waals surface area (Å²) in [5.41, 5.74) is 0. The van der Waals surface area contributed by atoms with E-state index in [4.69, 9.17) is 9.47 Å². The van der Waals surface area contributed by atoms with Crippen LogP contribution in [0.5, 0.6) is 0 Å². The van der Waals surface area contributed by atoms with Gasteiger partial charge in [-0.05, 0) is 84.4 Å². The standard InChI is InChI=1S/C30H31O8P.2Na/c1-3-5-7-9-11-13-14-15-16-17-19-20-22-24-29(31)36-26-28(27-37-39(33,34)35)38-30(32)25-23-21-18-12-10-8-6-4-2;;/h28H,4,6,8,10,12,18,21,23,25-27H2,1-2H3,(H2,33,34,35);;/q;2*+1/p-2/t28-;;/m0../s1. The maximum atomic E-state index is 12.1. The zero-order valence-electron chi connectivity index (χ0n) is 24.1. The van der Waals surface area contributed by atoms with Gasteiger partial charge in [0.25, 0.3) is 0 Å². The van der Waals surface area contributed by atoms with Crippen LogP contribution in [0.25, 0.3) is 0 Å². The monoisotopic (exact) mass is 594 g/mol. The van der Waals surface area contributed by atoms with Crippen molar-refractivity contribution in [3.63, 3.8) is 0 Å². The quantitative estimate of drug-likeness (QED) is 0.0468. The van der Waals surface area contributed by atoms with Crippen molar-refractivity contribution >= 4 is 19.8 Å². The van der Waals surface area contributed by atoms with Crippen molar-refractivity contribution in [3.05, 3.63) is 0 Å². The molecule has 0 N–H and O–H groups in total. The fourth-order valence-corrected chi connectivity index (χ4v) is 2.95. The molecule has 0 aliphatic heterocycles. The minimum Gasteiger partial charge on any atom is -0.790 e. The van der Waals surface area contributed by atoms with Crippen LogP contribution in [0.2, 0.25) is 0 Å². The Bertz CT molecular complexity index is 1290. The van der Waals surface area contributed by atoms with E-state index in [0.29, 0.717) is 6.42 Å². The molecule has 0 aliphatic rings. The average Bonchev–Trinajstić information content (AvgIpc) is 2.89. The zero-order chi connectivity index (χ0) is 29.0. The van der Waals surface area contributed by atoms with E-state index in [-0.39, 0.29) is 65.5 Å². The van der Waals surface area contributed by atoms with Crippen molar-refractivity contribution < 1.29 is 97.1 Å². The molecule has 0 radical (unpaired) electrons. The maximum absolute atomic E-state index is 12.1. The number of phosphoric ester groups is 1. The Morgan fingerprint density at radius 2 is 1.17 bits per heavy atom. The van der Waals surface area contributed by atoms with Gasteiger partial charge >= 0.3 is 71.1 Å². The van der Waals surface area contributed by atoms with Gasteiger partial charge in [0.05, 0.1) is 14.4 Å². The second-order valence-electron chi connectivity index (χ2n) is 7.55. The number of phosphoric acid groups is 1. The Balaban J connectivity index is -0.00000722. The summed E-state index contributed by atoms with van der Waals surface area (Å²) in [7, 11) is -5.31. The number of carbonyl (C=O) groups excluding carboxylic acids is 2. The van der Waals surface area contributed by atoms with Gasteiger partial charge in [-0.1, -0.05) is 57.8 Å². The van der Waals surface area contributed by atoms with Crippen LogP contribution in [0.3, 0.4) is 0 Å². The summed E-state index contributed by atoms with van der Waals surface area (Å²) in [6.07, 6.45) is 7.09. The molecule has 0 unspecified atom stereocenters. The van der Waals surface area contributed by atoms with E-state index in [2.05, 4.69) is 94.3 Å². The molecule has 0 saturated carbocycles. The molecular weight excluding hydrogens is 565 g/mol. The summed E-state index contributed by atoms with van der Waals surface area (Å²) >= 11 is 0. The molecule has 0 aliphatic carbocycles. The first-order valence-electron chi connectivity index (χ1n) is 12.2. The van der Waals surface area contributed by atoms with Crippen LogP contribution in [-0.2, 0) is 28.2 Å². The van der Waals surface area contributed by atoms with Gasteiger partial charge in [-0.2, -0.15) is 0 Å². The van der Waals surface area contributed by atoms with Crippen LogP contribution >= 0.6 is 7.82 Å². The number of hydrogen-bond donors (Lipinski definition) is 0. The van der Waals surface area contributed by atoms with Crippen molar-refractivity contribution in [2.45, 2.75) is 77.7 Å². The largest absolute Gasteiger partial charge is 1.00 e. The number of ether oxygens (including phenoxy) is 2. The van der Waals surface area contributed by atoms with Gasteiger partial charge in [0.2, 0.25) is 0 Å². The third-order valence-corrected chi connectivity index (χ3v) is 4.79. The fraction of sp³-hybridized carbons (Fsp3) is 0.467. The van der Waals surface area contributed by atoms with Crippen molar-refractivity contribution in [1.82, 2.24) is 0 Å². The number of hydrogen-bond acceptors (Lipinski definition) is 8. The van der Waals surface area contributed by atoms with Gasteiger partial charge in [0, 0.05) is 12.3 Å². The van der Waals surface area contributed by atoms with Gasteiger partial charge in [0.15, 0.2) is 6.10 Å². The van der Waals surface area contributed by atoms with Crippen molar-refractivity contribution in [1.29, 1.82) is 0 Å². The first-order chi connectivity index (χ1) is 18.8. The van der Waals surface area contributed by atoms with Gasteiger partial charge in [0.1, 0.15) is 6.61 Å². The maximum Gasteiger partial charge on any atom is 1.00 e. The number of rotatable bonds is 15. The Hall–Kier alpha value is -2.03. The smallest absolute Gasteiger partial charge is 0.790 e. The molecule has 0 saturated heterocycles. The Labute approximate surface area is 288 Å². The van der Waals surface area contributed by atoms with Crippen LogP contribution in [-0.4, -0.2) is 31.3 Å². The fourth-order valence-electron chi connectivity index (χ4n) is 2.60. The van der Waals surface area contributed by atoms with Crippen LogP contribution in [0.4, 0.5) is 0 Å². The zero-order valence-corrected chi connectivity index (χ0v) is 29.0. The van der Waals surface area contributed by atoms with E-state index >= 15 is 0 Å². The van der Waals surface area contributed by atoms with Gasteiger partial charge in [-0.25, -0.2) is 4.79 Å². The Morgan fingerprint density at radius 3 is 1.66 bits per heavy atom. The summed E-state index contributed by atoms with van der Waals surface area (Å²) in [5.74, 6) is 32.0. The van der Waals surface area contributed by atoms with E-state index in [1.807, 2.05) is 0 Å². The molecule has 0 aromatic rings. The predicted molar refractivity (Wildman–Crippen MR) is 142 cm³/mol. The molecular formula is C30H29Na2O8P. The molecule has 0 heterocycles. The van der Waals surface area contributed by atoms with E-state index < -0.39 is 39.1 Å². The number of carbonyl (C=O) groups is 2. The summed E-state index contributed by atoms with van der Waals surface area (Å²) in [5, 5.41) is 0. The minimum atomic E-state index is -5.31. The molecule has 0 spiro atoms. The summed E-state index contributed by atoms with van der Waals surface area (Å²) < 4.78 is 24.9. The molecule has 0 aromatic heterocycles. The average molecular weight is 595 g/mol. The molecule has 0 aromatic carbocycles. The molecule has 1 atom stereocenters. The molecule has 0 fully saturated rings. The molecule has 11 heteroatoms. The Morgan fingerprint density at radius 1 is 0.707 bits per heavy atom. The van der Waals surface area contributed by atoms with Crippen LogP contribution < -0.4 is 68.9 Å². The number of unbranched alkanes of at least 4 members (excludes halogenated alkanes) is 7. The first-order valence-corrected chi connectivity index (χ1v) is 13.7. The van der Waals surface area contributed by atoms with Crippen LogP contribution in [0, 0.1) is 82.9 Å². The first kappa shape index (κ1) is 43.4. The summed E-state index contributed by atoms with van der Waals surface area (Å²) in [4.78, 5) is 45.4. The third-order valence-electron chi connectivity index (χ3n) is 4.33. The van der Waals surface area contributed by atoms with E-state index in [0.717, 1.165) is 25.7 Å². The second-order valence-corrected chi connectivity index (χ2v) is 8.71. The van der Waals surface area contributed by atoms with Crippen LogP contribution in [0.15, 0.2) is 0 Å².